The number of hydrogen-bond donors (Lipinski definition) is 3. The van der Waals surface area contributed by atoms with Crippen molar-refractivity contribution in [2.24, 2.45) is 0 Å². The molecule has 0 atom stereocenters. The van der Waals surface area contributed by atoms with E-state index in [1.165, 1.54) is 0 Å². The number of benzene rings is 3. The van der Waals surface area contributed by atoms with Crippen LogP contribution in [0.1, 0.15) is 22.3 Å². The van der Waals surface area contributed by atoms with Crippen LogP contribution < -0.4 is 15.4 Å². The summed E-state index contributed by atoms with van der Waals surface area (Å²) in [6.45, 7) is 1.63. The molecule has 1 amide bonds. The van der Waals surface area contributed by atoms with Gasteiger partial charge in [-0.3, -0.25) is 4.79 Å². The van der Waals surface area contributed by atoms with Crippen molar-refractivity contribution < 1.29 is 19.4 Å². The van der Waals surface area contributed by atoms with Gasteiger partial charge >= 0.3 is 5.97 Å². The Morgan fingerprint density at radius 3 is 2.06 bits per heavy atom. The van der Waals surface area contributed by atoms with E-state index in [-0.39, 0.29) is 5.91 Å². The second-order valence-electron chi connectivity index (χ2n) is 7.02. The van der Waals surface area contributed by atoms with E-state index in [0.29, 0.717) is 11.3 Å². The van der Waals surface area contributed by atoms with E-state index in [0.717, 1.165) is 42.3 Å². The molecule has 1 saturated heterocycles. The molecule has 3 aromatic carbocycles. The van der Waals surface area contributed by atoms with E-state index < -0.39 is 5.97 Å². The van der Waals surface area contributed by atoms with Gasteiger partial charge in [-0.1, -0.05) is 48.5 Å². The predicted octanol–water partition coefficient (Wildman–Crippen LogP) is 4.82. The van der Waals surface area contributed by atoms with Crippen LogP contribution in [-0.2, 0) is 11.3 Å². The van der Waals surface area contributed by atoms with Crippen LogP contribution in [0.5, 0.6) is 11.5 Å². The fourth-order valence-electron chi connectivity index (χ4n) is 2.70. The molecule has 3 N–H and O–H groups in total. The maximum atomic E-state index is 10.6. The highest BCUT2D eigenvalue weighted by atomic mass is 32.2. The summed E-state index contributed by atoms with van der Waals surface area (Å²) < 4.78 is 5.58. The summed E-state index contributed by atoms with van der Waals surface area (Å²) in [5, 5.41) is 14.4. The van der Waals surface area contributed by atoms with Gasteiger partial charge in [-0.25, -0.2) is 4.79 Å². The summed E-state index contributed by atoms with van der Waals surface area (Å²) in [7, 11) is 1.85. The second kappa shape index (κ2) is 15.5. The molecule has 1 aliphatic rings. The molecule has 0 bridgehead atoms. The monoisotopic (exact) mass is 466 g/mol. The Hall–Kier alpha value is -3.29. The minimum Gasteiger partial charge on any atom is -0.478 e. The number of carbonyl (C=O) groups is 2. The lowest BCUT2D eigenvalue weighted by Crippen LogP contribution is -2.23. The number of amides is 1. The van der Waals surface area contributed by atoms with Crippen LogP contribution in [0, 0.1) is 0 Å². The Morgan fingerprint density at radius 1 is 0.970 bits per heavy atom. The van der Waals surface area contributed by atoms with Gasteiger partial charge in [0.2, 0.25) is 5.91 Å². The standard InChI is InChI=1S/C12H10O.C9H11NO2.C5H9NOS/c1-3-7-11(8-4-1)13-12-9-5-2-6-10-12;1-10-6-7-2-4-8(5-3-7)9(11)12;7-5-4-8-3-1-2-6-5/h1-10H;2-5,10H,6H2,1H3,(H,11,12);1-4H2,(H,6,7). The van der Waals surface area contributed by atoms with E-state index in [2.05, 4.69) is 10.6 Å². The third-order valence-electron chi connectivity index (χ3n) is 4.32. The summed E-state index contributed by atoms with van der Waals surface area (Å²) in [6.07, 6.45) is 1.12. The fraction of sp³-hybridized carbons (Fsp3) is 0.231. The minimum atomic E-state index is -0.883. The van der Waals surface area contributed by atoms with Crippen LogP contribution in [0.3, 0.4) is 0 Å². The number of rotatable bonds is 5. The first-order chi connectivity index (χ1) is 16.1. The van der Waals surface area contributed by atoms with Crippen LogP contribution in [0.15, 0.2) is 84.9 Å². The zero-order valence-electron chi connectivity index (χ0n) is 18.7. The molecule has 33 heavy (non-hydrogen) atoms. The van der Waals surface area contributed by atoms with Crippen molar-refractivity contribution in [3.05, 3.63) is 96.1 Å². The van der Waals surface area contributed by atoms with Gasteiger partial charge < -0.3 is 20.5 Å². The van der Waals surface area contributed by atoms with Gasteiger partial charge in [0.15, 0.2) is 0 Å². The normalized spacial score (nSPS) is 12.6. The van der Waals surface area contributed by atoms with Crippen molar-refractivity contribution >= 4 is 23.6 Å². The highest BCUT2D eigenvalue weighted by Gasteiger charge is 2.03. The van der Waals surface area contributed by atoms with Crippen molar-refractivity contribution in [3.8, 4) is 11.5 Å². The third-order valence-corrected chi connectivity index (χ3v) is 5.37. The van der Waals surface area contributed by atoms with Gasteiger partial charge in [0.1, 0.15) is 11.5 Å². The molecule has 174 valence electrons. The number of carboxylic acid groups (broad SMARTS) is 1. The lowest BCUT2D eigenvalue weighted by atomic mass is 10.1. The maximum absolute atomic E-state index is 10.6. The van der Waals surface area contributed by atoms with E-state index in [4.69, 9.17) is 9.84 Å². The first-order valence-electron chi connectivity index (χ1n) is 10.7. The number of hydrogen-bond acceptors (Lipinski definition) is 5. The summed E-state index contributed by atoms with van der Waals surface area (Å²) in [6, 6.07) is 26.3. The van der Waals surface area contributed by atoms with E-state index in [9.17, 15) is 9.59 Å². The van der Waals surface area contributed by atoms with Crippen LogP contribution in [0.2, 0.25) is 0 Å². The molecule has 0 saturated carbocycles. The largest absolute Gasteiger partial charge is 0.478 e. The van der Waals surface area contributed by atoms with E-state index in [1.807, 2.05) is 67.7 Å². The number of thioether (sulfide) groups is 1. The lowest BCUT2D eigenvalue weighted by Gasteiger charge is -2.03. The maximum Gasteiger partial charge on any atom is 0.335 e. The third kappa shape index (κ3) is 11.2. The molecular weight excluding hydrogens is 436 g/mol. The Balaban J connectivity index is 0.000000180. The summed E-state index contributed by atoms with van der Waals surface area (Å²) in [5.41, 5.74) is 1.41. The zero-order valence-corrected chi connectivity index (χ0v) is 19.5. The first kappa shape index (κ1) is 26.0. The number of aromatic carboxylic acids is 1. The van der Waals surface area contributed by atoms with Crippen molar-refractivity contribution in [1.29, 1.82) is 0 Å². The van der Waals surface area contributed by atoms with Crippen LogP contribution in [0.4, 0.5) is 0 Å². The zero-order chi connectivity index (χ0) is 23.7. The Bertz CT molecular complexity index is 904. The Kier molecular flexibility index (Phi) is 12.2. The number of para-hydroxylation sites is 2. The van der Waals surface area contributed by atoms with Crippen LogP contribution in [-0.4, -0.2) is 42.1 Å². The lowest BCUT2D eigenvalue weighted by molar-refractivity contribution is -0.118. The Morgan fingerprint density at radius 2 is 1.55 bits per heavy atom. The Labute approximate surface area is 199 Å². The van der Waals surface area contributed by atoms with Gasteiger partial charge in [-0.15, -0.1) is 0 Å². The molecule has 0 radical (unpaired) electrons. The molecule has 3 aromatic rings. The van der Waals surface area contributed by atoms with Gasteiger partial charge in [0, 0.05) is 13.1 Å². The number of nitrogens with one attached hydrogen (secondary N) is 2. The number of carboxylic acids is 1. The quantitative estimate of drug-likeness (QED) is 0.500. The van der Waals surface area contributed by atoms with E-state index in [1.54, 1.807) is 36.0 Å². The molecule has 0 spiro atoms. The number of ether oxygens (including phenoxy) is 1. The van der Waals surface area contributed by atoms with Gasteiger partial charge in [-0.2, -0.15) is 11.8 Å². The van der Waals surface area contributed by atoms with Crippen LogP contribution >= 0.6 is 11.8 Å². The van der Waals surface area contributed by atoms with Gasteiger partial charge in [0.05, 0.1) is 11.3 Å². The van der Waals surface area contributed by atoms with Crippen molar-refractivity contribution in [2.45, 2.75) is 13.0 Å². The fourth-order valence-corrected chi connectivity index (χ4v) is 3.48. The van der Waals surface area contributed by atoms with E-state index >= 15 is 0 Å². The minimum absolute atomic E-state index is 0.188. The molecule has 6 nitrogen and oxygen atoms in total. The van der Waals surface area contributed by atoms with Gasteiger partial charge in [-0.05, 0) is 61.2 Å². The SMILES string of the molecule is CNCc1ccc(C(=O)O)cc1.O=C1CSCCCN1.c1ccc(Oc2ccccc2)cc1. The number of carbonyl (C=O) groups excluding carboxylic acids is 1. The second-order valence-corrected chi connectivity index (χ2v) is 8.12. The van der Waals surface area contributed by atoms with Crippen LogP contribution in [0.25, 0.3) is 0 Å². The molecule has 1 fully saturated rings. The molecular formula is C26H30N2O4S. The summed E-state index contributed by atoms with van der Waals surface area (Å²) in [4.78, 5) is 21.0. The average Bonchev–Trinajstić information content (AvgIpc) is 3.09. The molecule has 1 heterocycles. The van der Waals surface area contributed by atoms with Crippen molar-refractivity contribution in [1.82, 2.24) is 10.6 Å². The molecule has 0 unspecified atom stereocenters. The molecule has 1 aliphatic heterocycles. The molecule has 0 aromatic heterocycles. The highest BCUT2D eigenvalue weighted by molar-refractivity contribution is 7.99. The summed E-state index contributed by atoms with van der Waals surface area (Å²) in [5.74, 6) is 2.82. The molecule has 4 rings (SSSR count). The topological polar surface area (TPSA) is 87.7 Å². The first-order valence-corrected chi connectivity index (χ1v) is 11.8. The van der Waals surface area contributed by atoms with Crippen molar-refractivity contribution in [2.75, 3.05) is 25.1 Å². The van der Waals surface area contributed by atoms with Crippen molar-refractivity contribution in [3.63, 3.8) is 0 Å². The summed E-state index contributed by atoms with van der Waals surface area (Å²) >= 11 is 1.71. The predicted molar refractivity (Wildman–Crippen MR) is 134 cm³/mol. The molecule has 0 aliphatic carbocycles. The highest BCUT2D eigenvalue weighted by Crippen LogP contribution is 2.19. The van der Waals surface area contributed by atoms with Gasteiger partial charge in [0.25, 0.3) is 0 Å². The molecule has 7 heteroatoms. The average molecular weight is 467 g/mol. The smallest absolute Gasteiger partial charge is 0.335 e.